The van der Waals surface area contributed by atoms with E-state index < -0.39 is 0 Å². The zero-order valence-corrected chi connectivity index (χ0v) is 10.5. The zero-order valence-electron chi connectivity index (χ0n) is 10.5. The quantitative estimate of drug-likeness (QED) is 0.849. The minimum atomic E-state index is -0.00328. The predicted molar refractivity (Wildman–Crippen MR) is 71.0 cm³/mol. The van der Waals surface area contributed by atoms with Crippen molar-refractivity contribution in [1.82, 2.24) is 5.32 Å². The Labute approximate surface area is 108 Å². The fraction of sp³-hybridized carbons (Fsp3) is 0.533. The first-order valence-corrected chi connectivity index (χ1v) is 6.84. The lowest BCUT2D eigenvalue weighted by atomic mass is 9.80. The van der Waals surface area contributed by atoms with Gasteiger partial charge in [-0.2, -0.15) is 0 Å². The molecule has 3 rings (SSSR count). The standard InChI is InChI=1S/C15H20N2O/c16-14(11-6-7-11)13-8-12(9-17-15(13)18)10-4-2-1-3-5-10/h1-5,11-14H,6-9,16H2,(H,17,18). The molecule has 0 spiro atoms. The average molecular weight is 244 g/mol. The lowest BCUT2D eigenvalue weighted by Crippen LogP contribution is -2.49. The molecule has 3 heteroatoms. The molecule has 2 fully saturated rings. The van der Waals surface area contributed by atoms with E-state index in [1.165, 1.54) is 18.4 Å². The molecule has 1 amide bonds. The summed E-state index contributed by atoms with van der Waals surface area (Å²) in [6, 6.07) is 10.5. The number of hydrogen-bond acceptors (Lipinski definition) is 2. The molecule has 0 aromatic heterocycles. The Kier molecular flexibility index (Phi) is 3.08. The number of nitrogens with one attached hydrogen (secondary N) is 1. The number of hydrogen-bond donors (Lipinski definition) is 2. The summed E-state index contributed by atoms with van der Waals surface area (Å²) in [5.74, 6) is 1.15. The maximum Gasteiger partial charge on any atom is 0.224 e. The Bertz CT molecular complexity index is 427. The number of carbonyl (C=O) groups is 1. The van der Waals surface area contributed by atoms with Gasteiger partial charge < -0.3 is 11.1 Å². The minimum Gasteiger partial charge on any atom is -0.355 e. The van der Waals surface area contributed by atoms with Gasteiger partial charge in [0.2, 0.25) is 5.91 Å². The van der Waals surface area contributed by atoms with Crippen molar-refractivity contribution in [2.24, 2.45) is 17.6 Å². The van der Waals surface area contributed by atoms with Crippen LogP contribution in [0.15, 0.2) is 30.3 Å². The van der Waals surface area contributed by atoms with Crippen molar-refractivity contribution in [2.45, 2.75) is 31.2 Å². The molecule has 0 bridgehead atoms. The molecule has 1 heterocycles. The molecule has 1 aromatic carbocycles. The second-order valence-electron chi connectivity index (χ2n) is 5.61. The van der Waals surface area contributed by atoms with Crippen molar-refractivity contribution in [3.05, 3.63) is 35.9 Å². The molecule has 3 N–H and O–H groups in total. The Morgan fingerprint density at radius 2 is 1.94 bits per heavy atom. The molecule has 1 saturated carbocycles. The minimum absolute atomic E-state index is 0.00328. The van der Waals surface area contributed by atoms with Crippen LogP contribution >= 0.6 is 0 Å². The van der Waals surface area contributed by atoms with Crippen LogP contribution in [0, 0.1) is 11.8 Å². The Morgan fingerprint density at radius 3 is 2.61 bits per heavy atom. The molecule has 96 valence electrons. The van der Waals surface area contributed by atoms with Crippen LogP contribution in [0.5, 0.6) is 0 Å². The maximum absolute atomic E-state index is 12.0. The molecule has 1 aliphatic heterocycles. The molecular formula is C15H20N2O. The van der Waals surface area contributed by atoms with Crippen LogP contribution < -0.4 is 11.1 Å². The van der Waals surface area contributed by atoms with Crippen LogP contribution in [0.1, 0.15) is 30.7 Å². The first kappa shape index (κ1) is 11.7. The SMILES string of the molecule is NC(C1CC1)C1CC(c2ccccc2)CNC1=O. The lowest BCUT2D eigenvalue weighted by molar-refractivity contribution is -0.127. The highest BCUT2D eigenvalue weighted by Gasteiger charge is 2.40. The van der Waals surface area contributed by atoms with Gasteiger partial charge in [-0.25, -0.2) is 0 Å². The summed E-state index contributed by atoms with van der Waals surface area (Å²) < 4.78 is 0. The van der Waals surface area contributed by atoms with Crippen molar-refractivity contribution in [2.75, 3.05) is 6.54 Å². The molecule has 3 nitrogen and oxygen atoms in total. The summed E-state index contributed by atoms with van der Waals surface area (Å²) in [5, 5.41) is 3.03. The fourth-order valence-corrected chi connectivity index (χ4v) is 2.97. The van der Waals surface area contributed by atoms with Crippen molar-refractivity contribution >= 4 is 5.91 Å². The van der Waals surface area contributed by atoms with Gasteiger partial charge in [0.15, 0.2) is 0 Å². The Hall–Kier alpha value is -1.35. The van der Waals surface area contributed by atoms with Crippen LogP contribution in [0.25, 0.3) is 0 Å². The third-order valence-corrected chi connectivity index (χ3v) is 4.30. The molecule has 1 aliphatic carbocycles. The van der Waals surface area contributed by atoms with Gasteiger partial charge >= 0.3 is 0 Å². The van der Waals surface area contributed by atoms with Crippen LogP contribution in [-0.4, -0.2) is 18.5 Å². The summed E-state index contributed by atoms with van der Waals surface area (Å²) >= 11 is 0. The lowest BCUT2D eigenvalue weighted by Gasteiger charge is -2.32. The number of nitrogens with two attached hydrogens (primary N) is 1. The van der Waals surface area contributed by atoms with Gasteiger partial charge in [-0.05, 0) is 30.7 Å². The van der Waals surface area contributed by atoms with Gasteiger partial charge in [-0.1, -0.05) is 30.3 Å². The van der Waals surface area contributed by atoms with E-state index >= 15 is 0 Å². The van der Waals surface area contributed by atoms with Gasteiger partial charge in [0.05, 0.1) is 5.92 Å². The van der Waals surface area contributed by atoms with Crippen molar-refractivity contribution < 1.29 is 4.79 Å². The monoisotopic (exact) mass is 244 g/mol. The average Bonchev–Trinajstić information content (AvgIpc) is 3.24. The largest absolute Gasteiger partial charge is 0.355 e. The maximum atomic E-state index is 12.0. The van der Waals surface area contributed by atoms with Crippen LogP contribution in [0.3, 0.4) is 0 Å². The van der Waals surface area contributed by atoms with E-state index in [2.05, 4.69) is 29.6 Å². The van der Waals surface area contributed by atoms with Gasteiger partial charge in [0, 0.05) is 18.5 Å². The molecule has 1 saturated heterocycles. The van der Waals surface area contributed by atoms with Crippen molar-refractivity contribution in [3.8, 4) is 0 Å². The summed E-state index contributed by atoms with van der Waals surface area (Å²) in [4.78, 5) is 12.0. The van der Waals surface area contributed by atoms with Gasteiger partial charge in [0.1, 0.15) is 0 Å². The summed E-state index contributed by atoms with van der Waals surface area (Å²) in [5.41, 5.74) is 7.53. The number of piperidine rings is 1. The Morgan fingerprint density at radius 1 is 1.22 bits per heavy atom. The first-order valence-electron chi connectivity index (χ1n) is 6.84. The van der Waals surface area contributed by atoms with E-state index in [1.807, 2.05) is 6.07 Å². The first-order chi connectivity index (χ1) is 8.75. The number of rotatable bonds is 3. The number of benzene rings is 1. The fourth-order valence-electron chi connectivity index (χ4n) is 2.97. The van der Waals surface area contributed by atoms with Gasteiger partial charge in [0.25, 0.3) is 0 Å². The third-order valence-electron chi connectivity index (χ3n) is 4.30. The summed E-state index contributed by atoms with van der Waals surface area (Å²) in [6.07, 6.45) is 3.29. The molecule has 1 aromatic rings. The van der Waals surface area contributed by atoms with E-state index in [9.17, 15) is 4.79 Å². The van der Waals surface area contributed by atoms with Crippen LogP contribution in [0.4, 0.5) is 0 Å². The van der Waals surface area contributed by atoms with E-state index in [0.29, 0.717) is 11.8 Å². The van der Waals surface area contributed by atoms with E-state index in [1.54, 1.807) is 0 Å². The smallest absolute Gasteiger partial charge is 0.224 e. The molecular weight excluding hydrogens is 224 g/mol. The highest BCUT2D eigenvalue weighted by atomic mass is 16.2. The second kappa shape index (κ2) is 4.73. The molecule has 0 radical (unpaired) electrons. The van der Waals surface area contributed by atoms with E-state index in [-0.39, 0.29) is 17.9 Å². The molecule has 18 heavy (non-hydrogen) atoms. The number of amides is 1. The van der Waals surface area contributed by atoms with Crippen LogP contribution in [0.2, 0.25) is 0 Å². The molecule has 3 unspecified atom stereocenters. The Balaban J connectivity index is 1.73. The molecule has 3 atom stereocenters. The van der Waals surface area contributed by atoms with Crippen molar-refractivity contribution in [3.63, 3.8) is 0 Å². The van der Waals surface area contributed by atoms with Crippen molar-refractivity contribution in [1.29, 1.82) is 0 Å². The van der Waals surface area contributed by atoms with E-state index in [4.69, 9.17) is 5.73 Å². The predicted octanol–water partition coefficient (Wildman–Crippen LogP) is 1.64. The summed E-state index contributed by atoms with van der Waals surface area (Å²) in [7, 11) is 0. The number of carbonyl (C=O) groups excluding carboxylic acids is 1. The second-order valence-corrected chi connectivity index (χ2v) is 5.61. The van der Waals surface area contributed by atoms with E-state index in [0.717, 1.165) is 13.0 Å². The highest BCUT2D eigenvalue weighted by Crippen LogP contribution is 2.38. The topological polar surface area (TPSA) is 55.1 Å². The summed E-state index contributed by atoms with van der Waals surface area (Å²) in [6.45, 7) is 0.747. The van der Waals surface area contributed by atoms with Gasteiger partial charge in [-0.3, -0.25) is 4.79 Å². The third kappa shape index (κ3) is 2.27. The van der Waals surface area contributed by atoms with Gasteiger partial charge in [-0.15, -0.1) is 0 Å². The molecule has 2 aliphatic rings. The normalized spacial score (nSPS) is 29.7. The van der Waals surface area contributed by atoms with Crippen LogP contribution in [-0.2, 0) is 4.79 Å². The highest BCUT2D eigenvalue weighted by molar-refractivity contribution is 5.80. The zero-order chi connectivity index (χ0) is 12.5.